The zero-order valence-corrected chi connectivity index (χ0v) is 13.1. The van der Waals surface area contributed by atoms with Crippen LogP contribution in [0.5, 0.6) is 0 Å². The summed E-state index contributed by atoms with van der Waals surface area (Å²) in [4.78, 5) is 12.8. The molecule has 0 aliphatic heterocycles. The van der Waals surface area contributed by atoms with Crippen LogP contribution in [0.25, 0.3) is 22.4 Å². The third kappa shape index (κ3) is 3.11. The van der Waals surface area contributed by atoms with Gasteiger partial charge in [-0.25, -0.2) is 0 Å². The fourth-order valence-electron chi connectivity index (χ4n) is 2.37. The Morgan fingerprint density at radius 1 is 0.870 bits per heavy atom. The quantitative estimate of drug-likeness (QED) is 0.690. The van der Waals surface area contributed by atoms with Gasteiger partial charge in [-0.2, -0.15) is 0 Å². The Hall–Kier alpha value is -3.01. The Balaban J connectivity index is 2.17. The number of aromatic nitrogens is 2. The van der Waals surface area contributed by atoms with Crippen LogP contribution in [0.2, 0.25) is 0 Å². The van der Waals surface area contributed by atoms with Crippen molar-refractivity contribution in [2.75, 3.05) is 19.0 Å². The first kappa shape index (κ1) is 14.9. The molecular weight excluding hydrogens is 286 g/mol. The zero-order valence-electron chi connectivity index (χ0n) is 13.1. The van der Waals surface area contributed by atoms with E-state index in [9.17, 15) is 4.79 Å². The molecular formula is C19H17N3O. The molecule has 114 valence electrons. The van der Waals surface area contributed by atoms with E-state index in [1.807, 2.05) is 55.4 Å². The summed E-state index contributed by atoms with van der Waals surface area (Å²) in [6.07, 6.45) is 0.836. The zero-order chi connectivity index (χ0) is 16.2. The lowest BCUT2D eigenvalue weighted by Crippen LogP contribution is -2.12. The van der Waals surface area contributed by atoms with Gasteiger partial charge in [0, 0.05) is 30.8 Å². The lowest BCUT2D eigenvalue weighted by atomic mass is 9.99. The number of aldehydes is 1. The highest BCUT2D eigenvalue weighted by Gasteiger charge is 2.12. The van der Waals surface area contributed by atoms with Crippen LogP contribution in [0.15, 0.2) is 60.7 Å². The lowest BCUT2D eigenvalue weighted by Gasteiger charge is -2.15. The Bertz CT molecular complexity index is 812. The lowest BCUT2D eigenvalue weighted by molar-refractivity contribution is 0.112. The summed E-state index contributed by atoms with van der Waals surface area (Å²) in [6, 6.07) is 19.5. The second-order valence-electron chi connectivity index (χ2n) is 5.47. The Morgan fingerprint density at radius 2 is 1.57 bits per heavy atom. The number of rotatable bonds is 4. The van der Waals surface area contributed by atoms with Gasteiger partial charge in [0.25, 0.3) is 0 Å². The summed E-state index contributed by atoms with van der Waals surface area (Å²) >= 11 is 0. The molecule has 0 bridgehead atoms. The summed E-state index contributed by atoms with van der Waals surface area (Å²) < 4.78 is 0. The molecule has 3 aromatic rings. The van der Waals surface area contributed by atoms with Gasteiger partial charge < -0.3 is 4.90 Å². The summed E-state index contributed by atoms with van der Waals surface area (Å²) in [5.41, 5.74) is 4.49. The van der Waals surface area contributed by atoms with Crippen LogP contribution in [0.4, 0.5) is 5.82 Å². The van der Waals surface area contributed by atoms with Crippen LogP contribution in [-0.4, -0.2) is 30.6 Å². The van der Waals surface area contributed by atoms with Gasteiger partial charge in [0.2, 0.25) is 0 Å². The molecule has 4 heteroatoms. The van der Waals surface area contributed by atoms with Crippen LogP contribution >= 0.6 is 0 Å². The number of hydrogen-bond donors (Lipinski definition) is 0. The van der Waals surface area contributed by atoms with Crippen molar-refractivity contribution in [3.05, 3.63) is 66.2 Å². The molecule has 0 amide bonds. The number of hydrogen-bond acceptors (Lipinski definition) is 4. The Morgan fingerprint density at radius 3 is 2.17 bits per heavy atom. The molecule has 0 N–H and O–H groups in total. The predicted molar refractivity (Wildman–Crippen MR) is 92.6 cm³/mol. The minimum absolute atomic E-state index is 0.646. The second-order valence-corrected chi connectivity index (χ2v) is 5.47. The predicted octanol–water partition coefficient (Wildman–Crippen LogP) is 3.69. The summed E-state index contributed by atoms with van der Waals surface area (Å²) in [5.74, 6) is 0.803. The van der Waals surface area contributed by atoms with Gasteiger partial charge in [-0.15, -0.1) is 10.2 Å². The van der Waals surface area contributed by atoms with Gasteiger partial charge in [-0.05, 0) is 11.6 Å². The highest BCUT2D eigenvalue weighted by atomic mass is 16.1. The van der Waals surface area contributed by atoms with E-state index in [0.29, 0.717) is 5.56 Å². The normalized spacial score (nSPS) is 10.3. The molecule has 3 rings (SSSR count). The molecule has 0 unspecified atom stereocenters. The van der Waals surface area contributed by atoms with Gasteiger partial charge in [0.15, 0.2) is 5.82 Å². The first-order valence-electron chi connectivity index (χ1n) is 7.35. The first-order chi connectivity index (χ1) is 11.2. The van der Waals surface area contributed by atoms with Crippen LogP contribution in [0.3, 0.4) is 0 Å². The fraction of sp³-hybridized carbons (Fsp3) is 0.105. The first-order valence-corrected chi connectivity index (χ1v) is 7.35. The van der Waals surface area contributed by atoms with Crippen LogP contribution in [-0.2, 0) is 0 Å². The summed E-state index contributed by atoms with van der Waals surface area (Å²) in [7, 11) is 3.88. The standard InChI is InChI=1S/C19H17N3O/c1-22(2)18-12-17(15-6-4-3-5-7-15)19(21-20-18)16-10-8-14(13-23)9-11-16/h3-13H,1-2H3. The maximum atomic E-state index is 10.8. The highest BCUT2D eigenvalue weighted by molar-refractivity contribution is 5.83. The van der Waals surface area contributed by atoms with Gasteiger partial charge >= 0.3 is 0 Å². The minimum atomic E-state index is 0.646. The van der Waals surface area contributed by atoms with E-state index < -0.39 is 0 Å². The maximum Gasteiger partial charge on any atom is 0.151 e. The molecule has 23 heavy (non-hydrogen) atoms. The molecule has 0 atom stereocenters. The van der Waals surface area contributed by atoms with Crippen LogP contribution in [0, 0.1) is 0 Å². The van der Waals surface area contributed by atoms with Gasteiger partial charge in [0.1, 0.15) is 12.0 Å². The average Bonchev–Trinajstić information content (AvgIpc) is 2.62. The molecule has 4 nitrogen and oxygen atoms in total. The fourth-order valence-corrected chi connectivity index (χ4v) is 2.37. The SMILES string of the molecule is CN(C)c1cc(-c2ccccc2)c(-c2ccc(C=O)cc2)nn1. The number of carbonyl (C=O) groups is 1. The molecule has 1 heterocycles. The van der Waals surface area contributed by atoms with Gasteiger partial charge in [-0.1, -0.05) is 54.6 Å². The number of anilines is 1. The third-order valence-corrected chi connectivity index (χ3v) is 3.64. The molecule has 0 radical (unpaired) electrons. The largest absolute Gasteiger partial charge is 0.361 e. The van der Waals surface area contributed by atoms with Crippen molar-refractivity contribution in [3.63, 3.8) is 0 Å². The van der Waals surface area contributed by atoms with Crippen molar-refractivity contribution in [1.29, 1.82) is 0 Å². The highest BCUT2D eigenvalue weighted by Crippen LogP contribution is 2.31. The molecule has 0 spiro atoms. The van der Waals surface area contributed by atoms with Crippen molar-refractivity contribution in [3.8, 4) is 22.4 Å². The summed E-state index contributed by atoms with van der Waals surface area (Å²) in [5, 5.41) is 8.71. The molecule has 2 aromatic carbocycles. The van der Waals surface area contributed by atoms with E-state index in [-0.39, 0.29) is 0 Å². The number of benzene rings is 2. The van der Waals surface area contributed by atoms with E-state index in [4.69, 9.17) is 0 Å². The van der Waals surface area contributed by atoms with E-state index in [1.165, 1.54) is 0 Å². The second kappa shape index (κ2) is 6.40. The molecule has 1 aromatic heterocycles. The summed E-state index contributed by atoms with van der Waals surface area (Å²) in [6.45, 7) is 0. The molecule has 0 saturated carbocycles. The maximum absolute atomic E-state index is 10.8. The molecule has 0 aliphatic rings. The number of carbonyl (C=O) groups excluding carboxylic acids is 1. The smallest absolute Gasteiger partial charge is 0.151 e. The molecule has 0 saturated heterocycles. The van der Waals surface area contributed by atoms with Crippen molar-refractivity contribution < 1.29 is 4.79 Å². The van der Waals surface area contributed by atoms with E-state index in [2.05, 4.69) is 22.3 Å². The third-order valence-electron chi connectivity index (χ3n) is 3.64. The van der Waals surface area contributed by atoms with E-state index >= 15 is 0 Å². The van der Waals surface area contributed by atoms with E-state index in [0.717, 1.165) is 34.5 Å². The number of nitrogens with zero attached hydrogens (tertiary/aromatic N) is 3. The topological polar surface area (TPSA) is 46.1 Å². The van der Waals surface area contributed by atoms with Crippen molar-refractivity contribution >= 4 is 12.1 Å². The Kier molecular flexibility index (Phi) is 4.15. The van der Waals surface area contributed by atoms with Gasteiger partial charge in [-0.3, -0.25) is 4.79 Å². The monoisotopic (exact) mass is 303 g/mol. The average molecular weight is 303 g/mol. The van der Waals surface area contributed by atoms with Crippen molar-refractivity contribution in [2.45, 2.75) is 0 Å². The molecule has 0 aliphatic carbocycles. The van der Waals surface area contributed by atoms with Gasteiger partial charge in [0.05, 0.1) is 0 Å². The van der Waals surface area contributed by atoms with Crippen molar-refractivity contribution in [2.24, 2.45) is 0 Å². The minimum Gasteiger partial charge on any atom is -0.361 e. The molecule has 0 fully saturated rings. The van der Waals surface area contributed by atoms with Crippen molar-refractivity contribution in [1.82, 2.24) is 10.2 Å². The van der Waals surface area contributed by atoms with E-state index in [1.54, 1.807) is 12.1 Å². The Labute approximate surface area is 135 Å². The van der Waals surface area contributed by atoms with Crippen LogP contribution < -0.4 is 4.90 Å². The van der Waals surface area contributed by atoms with Crippen LogP contribution in [0.1, 0.15) is 10.4 Å².